The zero-order chi connectivity index (χ0) is 12.3. The predicted octanol–water partition coefficient (Wildman–Crippen LogP) is 1.54. The van der Waals surface area contributed by atoms with E-state index in [1.807, 2.05) is 0 Å². The Balaban J connectivity index is 2.21. The molecule has 1 heterocycles. The zero-order valence-electron chi connectivity index (χ0n) is 9.32. The normalized spacial score (nSPS) is 24.3. The van der Waals surface area contributed by atoms with E-state index in [0.717, 1.165) is 13.0 Å². The Hall–Kier alpha value is -1.62. The number of carboxylic acid groups (broad SMARTS) is 1. The van der Waals surface area contributed by atoms with Crippen LogP contribution in [0.4, 0.5) is 9.18 Å². The second-order valence-electron chi connectivity index (χ2n) is 4.18. The lowest BCUT2D eigenvalue weighted by molar-refractivity contribution is 0.184. The predicted molar refractivity (Wildman–Crippen MR) is 61.6 cm³/mol. The highest BCUT2D eigenvalue weighted by Gasteiger charge is 2.29. The Labute approximate surface area is 98.8 Å². The Morgan fingerprint density at radius 2 is 2.24 bits per heavy atom. The monoisotopic (exact) mass is 238 g/mol. The van der Waals surface area contributed by atoms with Gasteiger partial charge < -0.3 is 15.7 Å². The summed E-state index contributed by atoms with van der Waals surface area (Å²) >= 11 is 0. The van der Waals surface area contributed by atoms with E-state index in [1.54, 1.807) is 18.2 Å². The van der Waals surface area contributed by atoms with Gasteiger partial charge in [-0.25, -0.2) is 9.18 Å². The van der Waals surface area contributed by atoms with E-state index in [2.05, 4.69) is 10.6 Å². The number of hydrogen-bond acceptors (Lipinski definition) is 2. The van der Waals surface area contributed by atoms with Gasteiger partial charge in [-0.3, -0.25) is 0 Å². The number of hydrogen-bond donors (Lipinski definition) is 3. The minimum Gasteiger partial charge on any atom is -0.465 e. The molecule has 0 unspecified atom stereocenters. The van der Waals surface area contributed by atoms with Crippen molar-refractivity contribution in [1.29, 1.82) is 0 Å². The van der Waals surface area contributed by atoms with Crippen molar-refractivity contribution in [3.63, 3.8) is 0 Å². The van der Waals surface area contributed by atoms with Crippen molar-refractivity contribution in [2.45, 2.75) is 18.4 Å². The summed E-state index contributed by atoms with van der Waals surface area (Å²) in [5.74, 6) is -0.370. The number of benzene rings is 1. The van der Waals surface area contributed by atoms with E-state index in [0.29, 0.717) is 12.1 Å². The lowest BCUT2D eigenvalue weighted by Gasteiger charge is -2.32. The van der Waals surface area contributed by atoms with Crippen LogP contribution in [0.5, 0.6) is 0 Å². The Bertz CT molecular complexity index is 411. The van der Waals surface area contributed by atoms with Crippen LogP contribution in [-0.2, 0) is 0 Å². The van der Waals surface area contributed by atoms with E-state index >= 15 is 0 Å². The zero-order valence-corrected chi connectivity index (χ0v) is 9.32. The molecule has 1 fully saturated rings. The molecule has 0 bridgehead atoms. The number of rotatable bonds is 2. The number of nitrogens with one attached hydrogen (secondary N) is 2. The second kappa shape index (κ2) is 5.14. The first-order valence-corrected chi connectivity index (χ1v) is 5.63. The molecule has 17 heavy (non-hydrogen) atoms. The van der Waals surface area contributed by atoms with Gasteiger partial charge in [-0.2, -0.15) is 0 Å². The summed E-state index contributed by atoms with van der Waals surface area (Å²) in [7, 11) is 0. The fraction of sp³-hybridized carbons (Fsp3) is 0.417. The highest BCUT2D eigenvalue weighted by molar-refractivity contribution is 5.65. The van der Waals surface area contributed by atoms with Crippen LogP contribution in [0.2, 0.25) is 0 Å². The van der Waals surface area contributed by atoms with Crippen molar-refractivity contribution >= 4 is 6.09 Å². The molecule has 0 aromatic heterocycles. The van der Waals surface area contributed by atoms with Crippen LogP contribution in [-0.4, -0.2) is 30.3 Å². The van der Waals surface area contributed by atoms with Crippen LogP contribution in [0.25, 0.3) is 0 Å². The number of halogens is 1. The molecular weight excluding hydrogens is 223 g/mol. The second-order valence-corrected chi connectivity index (χ2v) is 4.18. The van der Waals surface area contributed by atoms with Gasteiger partial charge in [-0.1, -0.05) is 18.2 Å². The lowest BCUT2D eigenvalue weighted by Crippen LogP contribution is -2.49. The molecular formula is C12H15FN2O2. The summed E-state index contributed by atoms with van der Waals surface area (Å²) < 4.78 is 13.7. The summed E-state index contributed by atoms with van der Waals surface area (Å²) in [5.41, 5.74) is 0.591. The van der Waals surface area contributed by atoms with Gasteiger partial charge in [0, 0.05) is 12.5 Å². The van der Waals surface area contributed by atoms with Crippen molar-refractivity contribution in [2.24, 2.45) is 0 Å². The Kier molecular flexibility index (Phi) is 3.58. The van der Waals surface area contributed by atoms with E-state index in [9.17, 15) is 9.18 Å². The van der Waals surface area contributed by atoms with Gasteiger partial charge in [-0.15, -0.1) is 0 Å². The SMILES string of the molecule is O=C(O)N[C@H]1CNCC[C@@H]1c1ccccc1F. The first-order chi connectivity index (χ1) is 8.18. The summed E-state index contributed by atoms with van der Waals surface area (Å²) in [4.78, 5) is 10.7. The van der Waals surface area contributed by atoms with Crippen molar-refractivity contribution in [3.05, 3.63) is 35.6 Å². The average molecular weight is 238 g/mol. The van der Waals surface area contributed by atoms with Crippen molar-refractivity contribution in [1.82, 2.24) is 10.6 Å². The molecule has 0 spiro atoms. The molecule has 0 aliphatic carbocycles. The minimum absolute atomic E-state index is 0.103. The van der Waals surface area contributed by atoms with Gasteiger partial charge in [0.15, 0.2) is 0 Å². The molecule has 2 rings (SSSR count). The van der Waals surface area contributed by atoms with Crippen LogP contribution < -0.4 is 10.6 Å². The van der Waals surface area contributed by atoms with Crippen molar-refractivity contribution in [3.8, 4) is 0 Å². The number of amides is 1. The Morgan fingerprint density at radius 1 is 1.47 bits per heavy atom. The van der Waals surface area contributed by atoms with Gasteiger partial charge in [0.05, 0.1) is 6.04 Å². The van der Waals surface area contributed by atoms with Gasteiger partial charge in [-0.05, 0) is 24.6 Å². The van der Waals surface area contributed by atoms with Gasteiger partial charge in [0.1, 0.15) is 5.82 Å². The topological polar surface area (TPSA) is 61.4 Å². The van der Waals surface area contributed by atoms with Crippen molar-refractivity contribution < 1.29 is 14.3 Å². The maximum absolute atomic E-state index is 13.7. The number of carbonyl (C=O) groups is 1. The molecule has 1 aliphatic rings. The third kappa shape index (κ3) is 2.74. The van der Waals surface area contributed by atoms with Gasteiger partial charge >= 0.3 is 6.09 Å². The number of piperidine rings is 1. The van der Waals surface area contributed by atoms with Gasteiger partial charge in [0.2, 0.25) is 0 Å². The maximum atomic E-state index is 13.7. The highest BCUT2D eigenvalue weighted by Crippen LogP contribution is 2.27. The Morgan fingerprint density at radius 3 is 2.94 bits per heavy atom. The summed E-state index contributed by atoms with van der Waals surface area (Å²) in [5, 5.41) is 14.3. The van der Waals surface area contributed by atoms with E-state index in [-0.39, 0.29) is 17.8 Å². The minimum atomic E-state index is -1.07. The highest BCUT2D eigenvalue weighted by atomic mass is 19.1. The van der Waals surface area contributed by atoms with Crippen LogP contribution in [0.1, 0.15) is 17.9 Å². The molecule has 1 saturated heterocycles. The standard InChI is InChI=1S/C12H15FN2O2/c13-10-4-2-1-3-8(10)9-5-6-14-7-11(9)15-12(16)17/h1-4,9,11,14-15H,5-7H2,(H,16,17)/t9-,11+/m1/s1. The maximum Gasteiger partial charge on any atom is 0.404 e. The van der Waals surface area contributed by atoms with E-state index < -0.39 is 6.09 Å². The quantitative estimate of drug-likeness (QED) is 0.732. The van der Waals surface area contributed by atoms with Crippen LogP contribution in [0.3, 0.4) is 0 Å². The van der Waals surface area contributed by atoms with E-state index in [1.165, 1.54) is 6.07 Å². The molecule has 1 aromatic rings. The lowest BCUT2D eigenvalue weighted by atomic mass is 9.86. The molecule has 1 amide bonds. The summed E-state index contributed by atoms with van der Waals surface area (Å²) in [6.45, 7) is 1.31. The molecule has 2 atom stereocenters. The largest absolute Gasteiger partial charge is 0.465 e. The third-order valence-corrected chi connectivity index (χ3v) is 3.10. The van der Waals surface area contributed by atoms with Crippen LogP contribution in [0, 0.1) is 5.82 Å². The first-order valence-electron chi connectivity index (χ1n) is 5.63. The summed E-state index contributed by atoms with van der Waals surface area (Å²) in [6.07, 6.45) is -0.341. The molecule has 4 nitrogen and oxygen atoms in total. The smallest absolute Gasteiger partial charge is 0.404 e. The molecule has 0 radical (unpaired) electrons. The third-order valence-electron chi connectivity index (χ3n) is 3.10. The van der Waals surface area contributed by atoms with Crippen LogP contribution in [0.15, 0.2) is 24.3 Å². The average Bonchev–Trinajstić information content (AvgIpc) is 2.30. The fourth-order valence-corrected chi connectivity index (χ4v) is 2.32. The first kappa shape index (κ1) is 11.9. The summed E-state index contributed by atoms with van der Waals surface area (Å²) in [6, 6.07) is 6.27. The molecule has 92 valence electrons. The molecule has 3 N–H and O–H groups in total. The van der Waals surface area contributed by atoms with E-state index in [4.69, 9.17) is 5.11 Å². The molecule has 1 aliphatic heterocycles. The molecule has 0 saturated carbocycles. The van der Waals surface area contributed by atoms with Crippen LogP contribution >= 0.6 is 0 Å². The molecule has 1 aromatic carbocycles. The van der Waals surface area contributed by atoms with Gasteiger partial charge in [0.25, 0.3) is 0 Å². The fourth-order valence-electron chi connectivity index (χ4n) is 2.32. The molecule has 5 heteroatoms. The van der Waals surface area contributed by atoms with Crippen molar-refractivity contribution in [2.75, 3.05) is 13.1 Å².